The van der Waals surface area contributed by atoms with Gasteiger partial charge >= 0.3 is 0 Å². The van der Waals surface area contributed by atoms with Crippen molar-refractivity contribution in [3.05, 3.63) is 42.0 Å². The summed E-state index contributed by atoms with van der Waals surface area (Å²) in [7, 11) is 0. The SMILES string of the molecule is C=C(CC)CNc1ccc(C(C)C)cc1. The fourth-order valence-corrected chi connectivity index (χ4v) is 1.34. The Kier molecular flexibility index (Phi) is 4.41. The summed E-state index contributed by atoms with van der Waals surface area (Å²) in [5, 5.41) is 3.36. The first-order valence-corrected chi connectivity index (χ1v) is 5.64. The largest absolute Gasteiger partial charge is 0.381 e. The van der Waals surface area contributed by atoms with Crippen molar-refractivity contribution >= 4 is 5.69 Å². The van der Waals surface area contributed by atoms with Crippen molar-refractivity contribution in [2.45, 2.75) is 33.1 Å². The Morgan fingerprint density at radius 2 is 1.87 bits per heavy atom. The van der Waals surface area contributed by atoms with Crippen molar-refractivity contribution < 1.29 is 0 Å². The molecule has 1 rings (SSSR count). The van der Waals surface area contributed by atoms with E-state index >= 15 is 0 Å². The third kappa shape index (κ3) is 3.78. The zero-order valence-corrected chi connectivity index (χ0v) is 10.0. The van der Waals surface area contributed by atoms with E-state index in [1.807, 2.05) is 0 Å². The van der Waals surface area contributed by atoms with Crippen molar-refractivity contribution in [2.75, 3.05) is 11.9 Å². The van der Waals surface area contributed by atoms with Gasteiger partial charge in [0.1, 0.15) is 0 Å². The van der Waals surface area contributed by atoms with Crippen LogP contribution in [-0.4, -0.2) is 6.54 Å². The predicted molar refractivity (Wildman–Crippen MR) is 68.5 cm³/mol. The zero-order chi connectivity index (χ0) is 11.3. The van der Waals surface area contributed by atoms with E-state index in [-0.39, 0.29) is 0 Å². The summed E-state index contributed by atoms with van der Waals surface area (Å²) in [6.45, 7) is 11.4. The van der Waals surface area contributed by atoms with Crippen LogP contribution in [0.15, 0.2) is 36.4 Å². The van der Waals surface area contributed by atoms with Gasteiger partial charge in [0.15, 0.2) is 0 Å². The van der Waals surface area contributed by atoms with Crippen LogP contribution < -0.4 is 5.32 Å². The Balaban J connectivity index is 2.53. The van der Waals surface area contributed by atoms with Gasteiger partial charge in [-0.25, -0.2) is 0 Å². The molecule has 0 fully saturated rings. The van der Waals surface area contributed by atoms with Gasteiger partial charge in [0.2, 0.25) is 0 Å². The molecule has 0 saturated heterocycles. The van der Waals surface area contributed by atoms with Crippen LogP contribution in [0.5, 0.6) is 0 Å². The van der Waals surface area contributed by atoms with Crippen molar-refractivity contribution in [2.24, 2.45) is 0 Å². The number of anilines is 1. The van der Waals surface area contributed by atoms with Crippen LogP contribution in [0.4, 0.5) is 5.69 Å². The molecule has 15 heavy (non-hydrogen) atoms. The Bertz CT molecular complexity index is 309. The summed E-state index contributed by atoms with van der Waals surface area (Å²) in [5.41, 5.74) is 3.80. The molecule has 1 heteroatoms. The van der Waals surface area contributed by atoms with E-state index in [0.29, 0.717) is 5.92 Å². The molecule has 0 unspecified atom stereocenters. The fourth-order valence-electron chi connectivity index (χ4n) is 1.34. The lowest BCUT2D eigenvalue weighted by atomic mass is 10.0. The average molecular weight is 203 g/mol. The number of nitrogens with one attached hydrogen (secondary N) is 1. The van der Waals surface area contributed by atoms with Gasteiger partial charge in [-0.1, -0.05) is 45.1 Å². The molecule has 1 aromatic carbocycles. The summed E-state index contributed by atoms with van der Waals surface area (Å²) in [4.78, 5) is 0. The van der Waals surface area contributed by atoms with E-state index in [9.17, 15) is 0 Å². The van der Waals surface area contributed by atoms with Crippen molar-refractivity contribution in [3.8, 4) is 0 Å². The average Bonchev–Trinajstić information content (AvgIpc) is 2.26. The topological polar surface area (TPSA) is 12.0 Å². The summed E-state index contributed by atoms with van der Waals surface area (Å²) >= 11 is 0. The van der Waals surface area contributed by atoms with Gasteiger partial charge in [0.05, 0.1) is 0 Å². The van der Waals surface area contributed by atoms with Crippen molar-refractivity contribution in [3.63, 3.8) is 0 Å². The molecule has 82 valence electrons. The molecule has 0 heterocycles. The number of hydrogen-bond acceptors (Lipinski definition) is 1. The maximum Gasteiger partial charge on any atom is 0.0357 e. The van der Waals surface area contributed by atoms with Gasteiger partial charge in [0.25, 0.3) is 0 Å². The quantitative estimate of drug-likeness (QED) is 0.708. The van der Waals surface area contributed by atoms with Crippen LogP contribution >= 0.6 is 0 Å². The number of rotatable bonds is 5. The Morgan fingerprint density at radius 1 is 1.27 bits per heavy atom. The smallest absolute Gasteiger partial charge is 0.0357 e. The highest BCUT2D eigenvalue weighted by molar-refractivity contribution is 5.46. The molecule has 0 amide bonds. The molecule has 0 aliphatic rings. The lowest BCUT2D eigenvalue weighted by molar-refractivity contribution is 0.867. The zero-order valence-electron chi connectivity index (χ0n) is 10.0. The van der Waals surface area contributed by atoms with Crippen molar-refractivity contribution in [1.82, 2.24) is 0 Å². The monoisotopic (exact) mass is 203 g/mol. The van der Waals surface area contributed by atoms with Crippen LogP contribution in [0.25, 0.3) is 0 Å². The van der Waals surface area contributed by atoms with Crippen molar-refractivity contribution in [1.29, 1.82) is 0 Å². The summed E-state index contributed by atoms with van der Waals surface area (Å²) in [6.07, 6.45) is 1.04. The molecule has 1 N–H and O–H groups in total. The highest BCUT2D eigenvalue weighted by atomic mass is 14.9. The summed E-state index contributed by atoms with van der Waals surface area (Å²) in [6, 6.07) is 8.64. The van der Waals surface area contributed by atoms with E-state index in [1.54, 1.807) is 0 Å². The molecule has 0 radical (unpaired) electrons. The molecule has 0 aliphatic carbocycles. The molecule has 0 aliphatic heterocycles. The third-order valence-electron chi connectivity index (χ3n) is 2.62. The molecule has 0 aromatic heterocycles. The Hall–Kier alpha value is -1.24. The van der Waals surface area contributed by atoms with Gasteiger partial charge < -0.3 is 5.32 Å². The lowest BCUT2D eigenvalue weighted by Crippen LogP contribution is -2.03. The van der Waals surface area contributed by atoms with Crippen LogP contribution in [0.2, 0.25) is 0 Å². The van der Waals surface area contributed by atoms with E-state index in [0.717, 1.165) is 13.0 Å². The molecule has 1 aromatic rings. The second-order valence-electron chi connectivity index (χ2n) is 4.23. The Labute approximate surface area is 93.2 Å². The maximum atomic E-state index is 3.97. The maximum absolute atomic E-state index is 3.97. The van der Waals surface area contributed by atoms with Crippen LogP contribution in [0.3, 0.4) is 0 Å². The molecule has 0 saturated carbocycles. The molecular formula is C14H21N. The summed E-state index contributed by atoms with van der Waals surface area (Å²) in [5.74, 6) is 0.602. The minimum atomic E-state index is 0.602. The van der Waals surface area contributed by atoms with E-state index < -0.39 is 0 Å². The second kappa shape index (κ2) is 5.59. The predicted octanol–water partition coefficient (Wildman–Crippen LogP) is 4.19. The van der Waals surface area contributed by atoms with Gasteiger partial charge in [-0.2, -0.15) is 0 Å². The fraction of sp³-hybridized carbons (Fsp3) is 0.429. The first-order valence-electron chi connectivity index (χ1n) is 5.64. The minimum Gasteiger partial charge on any atom is -0.381 e. The van der Waals surface area contributed by atoms with Crippen LogP contribution in [0, 0.1) is 0 Å². The first kappa shape index (κ1) is 11.8. The lowest BCUT2D eigenvalue weighted by Gasteiger charge is -2.09. The normalized spacial score (nSPS) is 10.4. The molecule has 1 nitrogen and oxygen atoms in total. The van der Waals surface area contributed by atoms with Crippen LogP contribution in [0.1, 0.15) is 38.7 Å². The van der Waals surface area contributed by atoms with Gasteiger partial charge in [-0.15, -0.1) is 0 Å². The molecule has 0 atom stereocenters. The molecular weight excluding hydrogens is 182 g/mol. The van der Waals surface area contributed by atoms with E-state index in [2.05, 4.69) is 56.9 Å². The van der Waals surface area contributed by atoms with E-state index in [1.165, 1.54) is 16.8 Å². The first-order chi connectivity index (χ1) is 7.13. The third-order valence-corrected chi connectivity index (χ3v) is 2.62. The number of benzene rings is 1. The van der Waals surface area contributed by atoms with Crippen LogP contribution in [-0.2, 0) is 0 Å². The number of hydrogen-bond donors (Lipinski definition) is 1. The Morgan fingerprint density at radius 3 is 2.33 bits per heavy atom. The molecule has 0 spiro atoms. The summed E-state index contributed by atoms with van der Waals surface area (Å²) < 4.78 is 0. The standard InChI is InChI=1S/C14H21N/c1-5-12(4)10-15-14-8-6-13(7-9-14)11(2)3/h6-9,11,15H,4-5,10H2,1-3H3. The second-order valence-corrected chi connectivity index (χ2v) is 4.23. The molecule has 0 bridgehead atoms. The van der Waals surface area contributed by atoms with Gasteiger partial charge in [0, 0.05) is 12.2 Å². The highest BCUT2D eigenvalue weighted by Gasteiger charge is 1.98. The van der Waals surface area contributed by atoms with Gasteiger partial charge in [-0.3, -0.25) is 0 Å². The highest BCUT2D eigenvalue weighted by Crippen LogP contribution is 2.17. The van der Waals surface area contributed by atoms with E-state index in [4.69, 9.17) is 0 Å². The van der Waals surface area contributed by atoms with Gasteiger partial charge in [-0.05, 0) is 30.0 Å². The minimum absolute atomic E-state index is 0.602.